The molecule has 4 heteroatoms. The zero-order chi connectivity index (χ0) is 12.4. The van der Waals surface area contributed by atoms with Gasteiger partial charge in [-0.1, -0.05) is 17.7 Å². The van der Waals surface area contributed by atoms with Gasteiger partial charge in [-0.05, 0) is 42.0 Å². The molecule has 2 aromatic carbocycles. The molecular formula is C13H12ClNO2. The maximum Gasteiger partial charge on any atom is 0.252 e. The molecule has 0 fully saturated rings. The minimum absolute atomic E-state index is 0.376. The summed E-state index contributed by atoms with van der Waals surface area (Å²) in [5, 5.41) is 2.45. The third-order valence-corrected chi connectivity index (χ3v) is 2.70. The van der Waals surface area contributed by atoms with Gasteiger partial charge < -0.3 is 10.5 Å². The van der Waals surface area contributed by atoms with Gasteiger partial charge in [0.15, 0.2) is 0 Å². The first-order valence-corrected chi connectivity index (χ1v) is 5.65. The smallest absolute Gasteiger partial charge is 0.252 e. The largest absolute Gasteiger partial charge is 0.493 e. The van der Waals surface area contributed by atoms with E-state index in [1.165, 1.54) is 0 Å². The number of halogens is 1. The molecule has 0 radical (unpaired) electrons. The summed E-state index contributed by atoms with van der Waals surface area (Å²) < 4.78 is 5.40. The second kappa shape index (κ2) is 4.63. The Morgan fingerprint density at radius 3 is 2.71 bits per heavy atom. The van der Waals surface area contributed by atoms with E-state index in [-0.39, 0.29) is 0 Å². The van der Waals surface area contributed by atoms with Crippen molar-refractivity contribution in [3.8, 4) is 5.75 Å². The number of hydrogen-bond donors (Lipinski definition) is 1. The standard InChI is InChI=1S/C13H12ClNO2/c1-2-17-12-7-8-3-4-10(14)5-9(8)6-11(12)13(15)16/h3-7H,2H2,1H3,(H2,15,16). The topological polar surface area (TPSA) is 52.3 Å². The molecule has 1 amide bonds. The van der Waals surface area contributed by atoms with E-state index in [2.05, 4.69) is 0 Å². The average molecular weight is 250 g/mol. The molecule has 0 bridgehead atoms. The van der Waals surface area contributed by atoms with Gasteiger partial charge in [-0.25, -0.2) is 0 Å². The van der Waals surface area contributed by atoms with Gasteiger partial charge in [0.05, 0.1) is 12.2 Å². The number of primary amides is 1. The highest BCUT2D eigenvalue weighted by Gasteiger charge is 2.11. The summed E-state index contributed by atoms with van der Waals surface area (Å²) in [4.78, 5) is 11.3. The van der Waals surface area contributed by atoms with Crippen LogP contribution in [-0.2, 0) is 0 Å². The molecule has 0 aliphatic heterocycles. The summed E-state index contributed by atoms with van der Waals surface area (Å²) in [6, 6.07) is 8.97. The van der Waals surface area contributed by atoms with E-state index in [9.17, 15) is 4.79 Å². The van der Waals surface area contributed by atoms with E-state index >= 15 is 0 Å². The number of hydrogen-bond acceptors (Lipinski definition) is 2. The van der Waals surface area contributed by atoms with Crippen LogP contribution in [0.4, 0.5) is 0 Å². The molecule has 2 N–H and O–H groups in total. The van der Waals surface area contributed by atoms with E-state index in [1.54, 1.807) is 24.3 Å². The molecule has 0 atom stereocenters. The molecule has 0 unspecified atom stereocenters. The second-order valence-electron chi connectivity index (χ2n) is 3.64. The molecule has 2 rings (SSSR count). The first-order chi connectivity index (χ1) is 8.11. The SMILES string of the molecule is CCOc1cc2ccc(Cl)cc2cc1C(N)=O. The van der Waals surface area contributed by atoms with E-state index in [0.29, 0.717) is 22.9 Å². The minimum atomic E-state index is -0.504. The van der Waals surface area contributed by atoms with E-state index in [0.717, 1.165) is 10.8 Å². The first-order valence-electron chi connectivity index (χ1n) is 5.27. The van der Waals surface area contributed by atoms with Crippen molar-refractivity contribution in [2.75, 3.05) is 6.61 Å². The average Bonchev–Trinajstić information content (AvgIpc) is 2.28. The second-order valence-corrected chi connectivity index (χ2v) is 4.07. The molecule has 0 aliphatic carbocycles. The molecule has 0 heterocycles. The summed E-state index contributed by atoms with van der Waals surface area (Å²) in [7, 11) is 0. The van der Waals surface area contributed by atoms with Crippen LogP contribution in [0.3, 0.4) is 0 Å². The van der Waals surface area contributed by atoms with Crippen LogP contribution in [0.15, 0.2) is 30.3 Å². The summed E-state index contributed by atoms with van der Waals surface area (Å²) in [5.41, 5.74) is 5.70. The Morgan fingerprint density at radius 2 is 2.06 bits per heavy atom. The lowest BCUT2D eigenvalue weighted by Gasteiger charge is -2.09. The van der Waals surface area contributed by atoms with Crippen molar-refractivity contribution in [1.82, 2.24) is 0 Å². The molecule has 0 aromatic heterocycles. The Hall–Kier alpha value is -1.74. The number of carbonyl (C=O) groups excluding carboxylic acids is 1. The third-order valence-electron chi connectivity index (χ3n) is 2.47. The van der Waals surface area contributed by atoms with Gasteiger partial charge in [0.1, 0.15) is 5.75 Å². The summed E-state index contributed by atoms with van der Waals surface area (Å²) >= 11 is 5.90. The predicted molar refractivity (Wildman–Crippen MR) is 68.6 cm³/mol. The van der Waals surface area contributed by atoms with Crippen molar-refractivity contribution < 1.29 is 9.53 Å². The normalized spacial score (nSPS) is 10.5. The molecule has 0 spiro atoms. The van der Waals surface area contributed by atoms with Gasteiger partial charge in [0.2, 0.25) is 0 Å². The zero-order valence-corrected chi connectivity index (χ0v) is 10.1. The molecule has 17 heavy (non-hydrogen) atoms. The minimum Gasteiger partial charge on any atom is -0.493 e. The van der Waals surface area contributed by atoms with Crippen LogP contribution in [0.1, 0.15) is 17.3 Å². The molecule has 0 saturated carbocycles. The Kier molecular flexibility index (Phi) is 3.20. The molecule has 2 aromatic rings. The molecule has 3 nitrogen and oxygen atoms in total. The maximum absolute atomic E-state index is 11.3. The van der Waals surface area contributed by atoms with Crippen molar-refractivity contribution >= 4 is 28.3 Å². The van der Waals surface area contributed by atoms with Crippen LogP contribution in [0.25, 0.3) is 10.8 Å². The quantitative estimate of drug-likeness (QED) is 0.909. The number of rotatable bonds is 3. The first kappa shape index (κ1) is 11.7. The Balaban J connectivity index is 2.67. The number of carbonyl (C=O) groups is 1. The highest BCUT2D eigenvalue weighted by molar-refractivity contribution is 6.31. The number of ether oxygens (including phenoxy) is 1. The number of fused-ring (bicyclic) bond motifs is 1. The van der Waals surface area contributed by atoms with Crippen LogP contribution < -0.4 is 10.5 Å². The summed E-state index contributed by atoms with van der Waals surface area (Å²) in [5.74, 6) is 0.00477. The lowest BCUT2D eigenvalue weighted by molar-refractivity contribution is 0.0997. The van der Waals surface area contributed by atoms with Gasteiger partial charge in [-0.15, -0.1) is 0 Å². The zero-order valence-electron chi connectivity index (χ0n) is 9.37. The Labute approximate surface area is 104 Å². The predicted octanol–water partition coefficient (Wildman–Crippen LogP) is 2.99. The highest BCUT2D eigenvalue weighted by atomic mass is 35.5. The van der Waals surface area contributed by atoms with Crippen LogP contribution in [-0.4, -0.2) is 12.5 Å². The maximum atomic E-state index is 11.3. The molecule has 0 saturated heterocycles. The van der Waals surface area contributed by atoms with Gasteiger partial charge in [-0.2, -0.15) is 0 Å². The van der Waals surface area contributed by atoms with E-state index in [4.69, 9.17) is 22.1 Å². The fraction of sp³-hybridized carbons (Fsp3) is 0.154. The third kappa shape index (κ3) is 2.34. The fourth-order valence-electron chi connectivity index (χ4n) is 1.72. The number of benzene rings is 2. The van der Waals surface area contributed by atoms with Gasteiger partial charge in [0.25, 0.3) is 5.91 Å². The lowest BCUT2D eigenvalue weighted by atomic mass is 10.1. The van der Waals surface area contributed by atoms with Crippen molar-refractivity contribution in [3.05, 3.63) is 40.9 Å². The van der Waals surface area contributed by atoms with Crippen molar-refractivity contribution in [2.24, 2.45) is 5.73 Å². The Morgan fingerprint density at radius 1 is 1.29 bits per heavy atom. The summed E-state index contributed by atoms with van der Waals surface area (Å²) in [6.07, 6.45) is 0. The van der Waals surface area contributed by atoms with Gasteiger partial charge in [-0.3, -0.25) is 4.79 Å². The van der Waals surface area contributed by atoms with Crippen LogP contribution in [0.2, 0.25) is 5.02 Å². The van der Waals surface area contributed by atoms with Crippen LogP contribution >= 0.6 is 11.6 Å². The van der Waals surface area contributed by atoms with Crippen molar-refractivity contribution in [1.29, 1.82) is 0 Å². The van der Waals surface area contributed by atoms with Crippen molar-refractivity contribution in [3.63, 3.8) is 0 Å². The molecule has 88 valence electrons. The van der Waals surface area contributed by atoms with Crippen LogP contribution in [0, 0.1) is 0 Å². The fourth-order valence-corrected chi connectivity index (χ4v) is 1.90. The Bertz CT molecular complexity index is 581. The van der Waals surface area contributed by atoms with Gasteiger partial charge >= 0.3 is 0 Å². The van der Waals surface area contributed by atoms with Crippen molar-refractivity contribution in [2.45, 2.75) is 6.92 Å². The van der Waals surface area contributed by atoms with Crippen LogP contribution in [0.5, 0.6) is 5.75 Å². The molecular weight excluding hydrogens is 238 g/mol. The lowest BCUT2D eigenvalue weighted by Crippen LogP contribution is -2.13. The van der Waals surface area contributed by atoms with E-state index < -0.39 is 5.91 Å². The van der Waals surface area contributed by atoms with E-state index in [1.807, 2.05) is 13.0 Å². The summed E-state index contributed by atoms with van der Waals surface area (Å²) in [6.45, 7) is 2.34. The van der Waals surface area contributed by atoms with Gasteiger partial charge in [0, 0.05) is 5.02 Å². The number of amides is 1. The highest BCUT2D eigenvalue weighted by Crippen LogP contribution is 2.27. The molecule has 0 aliphatic rings. The number of nitrogens with two attached hydrogens (primary N) is 1. The monoisotopic (exact) mass is 249 g/mol.